The zero-order valence-corrected chi connectivity index (χ0v) is 14.8. The van der Waals surface area contributed by atoms with Gasteiger partial charge < -0.3 is 24.8 Å². The minimum Gasteiger partial charge on any atom is -0.478 e. The number of esters is 2. The van der Waals surface area contributed by atoms with E-state index in [1.165, 1.54) is 12.1 Å². The molecule has 0 aliphatic carbocycles. The van der Waals surface area contributed by atoms with Gasteiger partial charge in [-0.1, -0.05) is 12.1 Å². The number of carbonyl (C=O) groups is 4. The fourth-order valence-corrected chi connectivity index (χ4v) is 2.59. The number of benzene rings is 2. The average Bonchev–Trinajstić information content (AvgIpc) is 2.70. The molecule has 28 heavy (non-hydrogen) atoms. The lowest BCUT2D eigenvalue weighted by atomic mass is 9.94. The number of carboxylic acid groups (broad SMARTS) is 2. The molecule has 0 saturated carbocycles. The number of methoxy groups -OCH3 is 2. The molecule has 0 radical (unpaired) electrons. The lowest BCUT2D eigenvalue weighted by Gasteiger charge is -2.15. The van der Waals surface area contributed by atoms with E-state index in [2.05, 4.69) is 9.47 Å². The summed E-state index contributed by atoms with van der Waals surface area (Å²) in [6, 6.07) is 7.18. The first-order chi connectivity index (χ1) is 13.2. The van der Waals surface area contributed by atoms with Crippen molar-refractivity contribution in [3.05, 3.63) is 69.8 Å². The Hall–Kier alpha value is -3.72. The fraction of sp³-hybridized carbons (Fsp3) is 0.158. The summed E-state index contributed by atoms with van der Waals surface area (Å²) in [7, 11) is 2.18. The molecule has 0 aliphatic rings. The molecule has 0 bridgehead atoms. The van der Waals surface area contributed by atoms with Crippen LogP contribution in [0.1, 0.15) is 58.7 Å². The number of aromatic carboxylic acids is 2. The highest BCUT2D eigenvalue weighted by atomic mass is 16.5. The van der Waals surface area contributed by atoms with Crippen LogP contribution in [0.25, 0.3) is 0 Å². The molecule has 0 heterocycles. The normalized spacial score (nSPS) is 10.4. The predicted octanol–water partition coefficient (Wildman–Crippen LogP) is 1.74. The van der Waals surface area contributed by atoms with Gasteiger partial charge in [-0.2, -0.15) is 0 Å². The molecule has 0 atom stereocenters. The summed E-state index contributed by atoms with van der Waals surface area (Å²) < 4.78 is 9.13. The van der Waals surface area contributed by atoms with E-state index in [1.807, 2.05) is 0 Å². The monoisotopic (exact) mass is 388 g/mol. The first-order valence-electron chi connectivity index (χ1n) is 7.80. The van der Waals surface area contributed by atoms with Crippen LogP contribution in [-0.2, 0) is 9.47 Å². The third-order valence-electron chi connectivity index (χ3n) is 3.99. The van der Waals surface area contributed by atoms with Crippen molar-refractivity contribution in [2.24, 2.45) is 0 Å². The highest BCUT2D eigenvalue weighted by molar-refractivity contribution is 6.03. The van der Waals surface area contributed by atoms with Crippen LogP contribution in [0, 0.1) is 0 Å². The van der Waals surface area contributed by atoms with E-state index in [0.29, 0.717) is 0 Å². The molecule has 0 unspecified atom stereocenters. The van der Waals surface area contributed by atoms with E-state index in [-0.39, 0.29) is 33.4 Å². The molecule has 2 aromatic rings. The van der Waals surface area contributed by atoms with Crippen LogP contribution in [0.15, 0.2) is 36.4 Å². The lowest BCUT2D eigenvalue weighted by Crippen LogP contribution is -2.13. The van der Waals surface area contributed by atoms with Gasteiger partial charge in [-0.05, 0) is 35.4 Å². The van der Waals surface area contributed by atoms with Gasteiger partial charge in [-0.25, -0.2) is 19.2 Å². The SMILES string of the molecule is COC(=O)c1cc(C(O)c2ccc(C(=O)O)c(C(=O)OC)c2)ccc1C(=O)O. The van der Waals surface area contributed by atoms with Crippen molar-refractivity contribution in [3.63, 3.8) is 0 Å². The number of rotatable bonds is 6. The standard InChI is InChI=1S/C19H16O9/c1-27-18(25)13-7-9(3-5-11(13)16(21)22)15(20)10-4-6-12(17(23)24)14(8-10)19(26)28-2/h3-8,15,20H,1-2H3,(H,21,22)(H,23,24). The Bertz CT molecular complexity index is 884. The van der Waals surface area contributed by atoms with E-state index in [9.17, 15) is 34.5 Å². The summed E-state index contributed by atoms with van der Waals surface area (Å²) >= 11 is 0. The first kappa shape index (κ1) is 20.6. The maximum Gasteiger partial charge on any atom is 0.338 e. The number of hydrogen-bond acceptors (Lipinski definition) is 7. The summed E-state index contributed by atoms with van der Waals surface area (Å²) in [6.07, 6.45) is -1.38. The Morgan fingerprint density at radius 3 is 1.36 bits per heavy atom. The molecule has 0 aliphatic heterocycles. The van der Waals surface area contributed by atoms with Gasteiger partial charge in [0.25, 0.3) is 0 Å². The number of aliphatic hydroxyl groups excluding tert-OH is 1. The van der Waals surface area contributed by atoms with Crippen molar-refractivity contribution in [1.29, 1.82) is 0 Å². The van der Waals surface area contributed by atoms with E-state index in [0.717, 1.165) is 38.5 Å². The van der Waals surface area contributed by atoms with Gasteiger partial charge in [-0.3, -0.25) is 0 Å². The van der Waals surface area contributed by atoms with Crippen LogP contribution in [0.4, 0.5) is 0 Å². The number of ether oxygens (including phenoxy) is 2. The van der Waals surface area contributed by atoms with Gasteiger partial charge in [0.15, 0.2) is 0 Å². The lowest BCUT2D eigenvalue weighted by molar-refractivity contribution is 0.0580. The van der Waals surface area contributed by atoms with Gasteiger partial charge in [0.05, 0.1) is 36.5 Å². The molecule has 0 amide bonds. The third-order valence-corrected chi connectivity index (χ3v) is 3.99. The smallest absolute Gasteiger partial charge is 0.338 e. The van der Waals surface area contributed by atoms with Crippen LogP contribution in [0.2, 0.25) is 0 Å². The molecule has 2 aromatic carbocycles. The minimum absolute atomic E-state index is 0.143. The fourth-order valence-electron chi connectivity index (χ4n) is 2.59. The Balaban J connectivity index is 2.55. The van der Waals surface area contributed by atoms with Crippen LogP contribution in [0.3, 0.4) is 0 Å². The quantitative estimate of drug-likeness (QED) is 0.629. The second-order valence-corrected chi connectivity index (χ2v) is 5.61. The molecule has 0 aromatic heterocycles. The van der Waals surface area contributed by atoms with E-state index in [4.69, 9.17) is 0 Å². The van der Waals surface area contributed by atoms with Gasteiger partial charge in [0, 0.05) is 0 Å². The van der Waals surface area contributed by atoms with Crippen LogP contribution >= 0.6 is 0 Å². The molecule has 3 N–H and O–H groups in total. The summed E-state index contributed by atoms with van der Waals surface area (Å²) in [5.74, 6) is -4.49. The maximum atomic E-state index is 11.9. The molecule has 9 nitrogen and oxygen atoms in total. The first-order valence-corrected chi connectivity index (χ1v) is 7.80. The Morgan fingerprint density at radius 2 is 1.07 bits per heavy atom. The van der Waals surface area contributed by atoms with Gasteiger partial charge in [0.2, 0.25) is 0 Å². The van der Waals surface area contributed by atoms with Crippen molar-refractivity contribution in [2.45, 2.75) is 6.10 Å². The van der Waals surface area contributed by atoms with Crippen LogP contribution in [0.5, 0.6) is 0 Å². The molecule has 0 spiro atoms. The largest absolute Gasteiger partial charge is 0.478 e. The average molecular weight is 388 g/mol. The summed E-state index contributed by atoms with van der Waals surface area (Å²) in [4.78, 5) is 46.3. The van der Waals surface area contributed by atoms with Crippen molar-refractivity contribution in [1.82, 2.24) is 0 Å². The van der Waals surface area contributed by atoms with Crippen molar-refractivity contribution in [2.75, 3.05) is 14.2 Å². The molecule has 2 rings (SSSR count). The highest BCUT2D eigenvalue weighted by Gasteiger charge is 2.23. The number of aliphatic hydroxyl groups is 1. The molecule has 0 fully saturated rings. The highest BCUT2D eigenvalue weighted by Crippen LogP contribution is 2.27. The van der Waals surface area contributed by atoms with Gasteiger partial charge in [-0.15, -0.1) is 0 Å². The Labute approximate surface area is 158 Å². The van der Waals surface area contributed by atoms with E-state index < -0.39 is 30.0 Å². The summed E-state index contributed by atoms with van der Waals surface area (Å²) in [5.41, 5.74) is -0.851. The third kappa shape index (κ3) is 3.99. The van der Waals surface area contributed by atoms with E-state index in [1.54, 1.807) is 0 Å². The number of carbonyl (C=O) groups excluding carboxylic acids is 2. The van der Waals surface area contributed by atoms with Crippen molar-refractivity contribution in [3.8, 4) is 0 Å². The molecular formula is C19H16O9. The summed E-state index contributed by atoms with van der Waals surface area (Å²) in [6.45, 7) is 0. The van der Waals surface area contributed by atoms with Gasteiger partial charge in [0.1, 0.15) is 6.10 Å². The summed E-state index contributed by atoms with van der Waals surface area (Å²) in [5, 5.41) is 29.0. The van der Waals surface area contributed by atoms with E-state index >= 15 is 0 Å². The number of hydrogen-bond donors (Lipinski definition) is 3. The second-order valence-electron chi connectivity index (χ2n) is 5.61. The second kappa shape index (κ2) is 8.31. The molecule has 9 heteroatoms. The predicted molar refractivity (Wildman–Crippen MR) is 93.5 cm³/mol. The zero-order chi connectivity index (χ0) is 21.0. The zero-order valence-electron chi connectivity index (χ0n) is 14.8. The van der Waals surface area contributed by atoms with Crippen molar-refractivity contribution >= 4 is 23.9 Å². The van der Waals surface area contributed by atoms with Gasteiger partial charge >= 0.3 is 23.9 Å². The molecular weight excluding hydrogens is 372 g/mol. The maximum absolute atomic E-state index is 11.9. The van der Waals surface area contributed by atoms with Crippen LogP contribution < -0.4 is 0 Å². The van der Waals surface area contributed by atoms with Crippen molar-refractivity contribution < 1.29 is 44.0 Å². The minimum atomic E-state index is -1.38. The molecule has 146 valence electrons. The number of carboxylic acids is 2. The Morgan fingerprint density at radius 1 is 0.714 bits per heavy atom. The topological polar surface area (TPSA) is 147 Å². The molecule has 0 saturated heterocycles. The van der Waals surface area contributed by atoms with Crippen LogP contribution in [-0.4, -0.2) is 53.4 Å². The Kier molecular flexibility index (Phi) is 6.11.